The molecule has 0 bridgehead atoms. The molecular formula is C10H23N3. The average molecular weight is 185 g/mol. The van der Waals surface area contributed by atoms with Crippen LogP contribution in [0.3, 0.4) is 0 Å². The maximum Gasteiger partial charge on any atom is 0.0112 e. The number of nitrogens with zero attached hydrogens (tertiary/aromatic N) is 2. The molecule has 78 valence electrons. The van der Waals surface area contributed by atoms with E-state index in [0.717, 1.165) is 13.0 Å². The normalized spacial score (nSPS) is 24.2. The summed E-state index contributed by atoms with van der Waals surface area (Å²) in [4.78, 5) is 4.98. The van der Waals surface area contributed by atoms with Gasteiger partial charge in [0.25, 0.3) is 0 Å². The Hall–Kier alpha value is -0.120. The van der Waals surface area contributed by atoms with E-state index in [1.165, 1.54) is 32.6 Å². The van der Waals surface area contributed by atoms with Gasteiger partial charge in [-0.1, -0.05) is 0 Å². The zero-order valence-corrected chi connectivity index (χ0v) is 9.00. The summed E-state index contributed by atoms with van der Waals surface area (Å²) < 4.78 is 0. The second-order valence-corrected chi connectivity index (χ2v) is 4.12. The highest BCUT2D eigenvalue weighted by Crippen LogP contribution is 2.07. The van der Waals surface area contributed by atoms with Crippen LogP contribution in [0.15, 0.2) is 0 Å². The van der Waals surface area contributed by atoms with Crippen molar-refractivity contribution >= 4 is 0 Å². The van der Waals surface area contributed by atoms with Crippen LogP contribution in [0.25, 0.3) is 0 Å². The van der Waals surface area contributed by atoms with Gasteiger partial charge in [-0.3, -0.25) is 4.90 Å². The van der Waals surface area contributed by atoms with Crippen molar-refractivity contribution in [1.82, 2.24) is 9.80 Å². The second kappa shape index (κ2) is 5.58. The molecule has 0 aliphatic carbocycles. The Morgan fingerprint density at radius 3 is 2.69 bits per heavy atom. The van der Waals surface area contributed by atoms with Gasteiger partial charge in [-0.05, 0) is 46.4 Å². The number of nitrogens with two attached hydrogens (primary N) is 1. The van der Waals surface area contributed by atoms with Crippen LogP contribution < -0.4 is 5.73 Å². The largest absolute Gasteiger partial charge is 0.330 e. The Bertz CT molecular complexity index is 138. The standard InChI is InChI=1S/C10H23N3/c1-10(4-5-11)13-7-3-6-12(2)8-9-13/h10H,3-9,11H2,1-2H3. The Labute approximate surface area is 81.9 Å². The van der Waals surface area contributed by atoms with Gasteiger partial charge in [0, 0.05) is 19.1 Å². The summed E-state index contributed by atoms with van der Waals surface area (Å²) >= 11 is 0. The molecule has 1 heterocycles. The van der Waals surface area contributed by atoms with Crippen molar-refractivity contribution < 1.29 is 0 Å². The molecule has 13 heavy (non-hydrogen) atoms. The van der Waals surface area contributed by atoms with Crippen molar-refractivity contribution in [2.75, 3.05) is 39.8 Å². The summed E-state index contributed by atoms with van der Waals surface area (Å²) in [6.45, 7) is 8.00. The number of hydrogen-bond donors (Lipinski definition) is 1. The summed E-state index contributed by atoms with van der Waals surface area (Å²) in [6, 6.07) is 0.663. The van der Waals surface area contributed by atoms with Crippen LogP contribution in [0.4, 0.5) is 0 Å². The van der Waals surface area contributed by atoms with Crippen molar-refractivity contribution in [1.29, 1.82) is 0 Å². The topological polar surface area (TPSA) is 32.5 Å². The molecule has 0 spiro atoms. The Morgan fingerprint density at radius 2 is 2.00 bits per heavy atom. The minimum Gasteiger partial charge on any atom is -0.330 e. The molecule has 1 unspecified atom stereocenters. The lowest BCUT2D eigenvalue weighted by atomic mass is 10.2. The predicted molar refractivity (Wildman–Crippen MR) is 56.8 cm³/mol. The molecule has 1 aliphatic rings. The van der Waals surface area contributed by atoms with Gasteiger partial charge in [-0.25, -0.2) is 0 Å². The zero-order chi connectivity index (χ0) is 9.68. The van der Waals surface area contributed by atoms with Gasteiger partial charge in [0.2, 0.25) is 0 Å². The first-order valence-electron chi connectivity index (χ1n) is 5.36. The van der Waals surface area contributed by atoms with E-state index in [1.54, 1.807) is 0 Å². The summed E-state index contributed by atoms with van der Waals surface area (Å²) in [5, 5.41) is 0. The zero-order valence-electron chi connectivity index (χ0n) is 9.00. The molecule has 0 radical (unpaired) electrons. The first kappa shape index (κ1) is 11.0. The highest BCUT2D eigenvalue weighted by atomic mass is 15.2. The van der Waals surface area contributed by atoms with Crippen LogP contribution in [0, 0.1) is 0 Å². The molecule has 0 aromatic carbocycles. The van der Waals surface area contributed by atoms with Gasteiger partial charge in [-0.2, -0.15) is 0 Å². The molecule has 2 N–H and O–H groups in total. The molecule has 3 nitrogen and oxygen atoms in total. The molecular weight excluding hydrogens is 162 g/mol. The van der Waals surface area contributed by atoms with Crippen molar-refractivity contribution in [3.63, 3.8) is 0 Å². The maximum atomic E-state index is 5.57. The fourth-order valence-electron chi connectivity index (χ4n) is 1.93. The molecule has 0 saturated carbocycles. The van der Waals surface area contributed by atoms with Gasteiger partial charge in [0.05, 0.1) is 0 Å². The SMILES string of the molecule is CC(CCN)N1CCCN(C)CC1. The van der Waals surface area contributed by atoms with E-state index in [2.05, 4.69) is 23.8 Å². The smallest absolute Gasteiger partial charge is 0.0112 e. The third kappa shape index (κ3) is 3.63. The lowest BCUT2D eigenvalue weighted by Gasteiger charge is -2.27. The van der Waals surface area contributed by atoms with Gasteiger partial charge >= 0.3 is 0 Å². The molecule has 1 atom stereocenters. The minimum absolute atomic E-state index is 0.663. The fourth-order valence-corrected chi connectivity index (χ4v) is 1.93. The Morgan fingerprint density at radius 1 is 1.23 bits per heavy atom. The van der Waals surface area contributed by atoms with Crippen LogP contribution in [-0.2, 0) is 0 Å². The van der Waals surface area contributed by atoms with Crippen molar-refractivity contribution in [2.24, 2.45) is 5.73 Å². The summed E-state index contributed by atoms with van der Waals surface area (Å²) in [5.41, 5.74) is 5.57. The summed E-state index contributed by atoms with van der Waals surface area (Å²) in [7, 11) is 2.21. The molecule has 0 amide bonds. The molecule has 1 aliphatic heterocycles. The van der Waals surface area contributed by atoms with E-state index >= 15 is 0 Å². The van der Waals surface area contributed by atoms with Crippen LogP contribution in [0.5, 0.6) is 0 Å². The van der Waals surface area contributed by atoms with Gasteiger partial charge < -0.3 is 10.6 Å². The third-order valence-corrected chi connectivity index (χ3v) is 2.96. The molecule has 1 fully saturated rings. The van der Waals surface area contributed by atoms with E-state index in [-0.39, 0.29) is 0 Å². The van der Waals surface area contributed by atoms with Gasteiger partial charge in [0.15, 0.2) is 0 Å². The first-order chi connectivity index (χ1) is 6.24. The number of rotatable bonds is 3. The quantitative estimate of drug-likeness (QED) is 0.689. The van der Waals surface area contributed by atoms with Crippen LogP contribution in [0.2, 0.25) is 0 Å². The summed E-state index contributed by atoms with van der Waals surface area (Å²) in [6.07, 6.45) is 2.43. The van der Waals surface area contributed by atoms with Gasteiger partial charge in [0.1, 0.15) is 0 Å². The van der Waals surface area contributed by atoms with E-state index in [0.29, 0.717) is 6.04 Å². The molecule has 0 aromatic rings. The molecule has 0 aromatic heterocycles. The van der Waals surface area contributed by atoms with Crippen molar-refractivity contribution in [2.45, 2.75) is 25.8 Å². The van der Waals surface area contributed by atoms with E-state index < -0.39 is 0 Å². The van der Waals surface area contributed by atoms with Crippen molar-refractivity contribution in [3.8, 4) is 0 Å². The Balaban J connectivity index is 2.32. The Kier molecular flexibility index (Phi) is 4.70. The van der Waals surface area contributed by atoms with E-state index in [1.807, 2.05) is 0 Å². The lowest BCUT2D eigenvalue weighted by molar-refractivity contribution is 0.208. The second-order valence-electron chi connectivity index (χ2n) is 4.12. The lowest BCUT2D eigenvalue weighted by Crippen LogP contribution is -2.37. The minimum atomic E-state index is 0.663. The number of likely N-dealkylation sites (N-methyl/N-ethyl adjacent to an activating group) is 1. The summed E-state index contributed by atoms with van der Waals surface area (Å²) in [5.74, 6) is 0. The highest BCUT2D eigenvalue weighted by Gasteiger charge is 2.16. The third-order valence-electron chi connectivity index (χ3n) is 2.96. The van der Waals surface area contributed by atoms with Crippen LogP contribution in [0.1, 0.15) is 19.8 Å². The molecule has 3 heteroatoms. The van der Waals surface area contributed by atoms with Crippen LogP contribution in [-0.4, -0.2) is 55.6 Å². The van der Waals surface area contributed by atoms with Gasteiger partial charge in [-0.15, -0.1) is 0 Å². The van der Waals surface area contributed by atoms with Crippen LogP contribution >= 0.6 is 0 Å². The fraction of sp³-hybridized carbons (Fsp3) is 1.00. The highest BCUT2D eigenvalue weighted by molar-refractivity contribution is 4.72. The first-order valence-corrected chi connectivity index (χ1v) is 5.36. The number of hydrogen-bond acceptors (Lipinski definition) is 3. The van der Waals surface area contributed by atoms with Crippen molar-refractivity contribution in [3.05, 3.63) is 0 Å². The molecule has 1 saturated heterocycles. The van der Waals surface area contributed by atoms with E-state index in [9.17, 15) is 0 Å². The monoisotopic (exact) mass is 185 g/mol. The maximum absolute atomic E-state index is 5.57. The predicted octanol–water partition coefficient (Wildman–Crippen LogP) is 0.361. The molecule has 1 rings (SSSR count). The van der Waals surface area contributed by atoms with E-state index in [4.69, 9.17) is 5.73 Å². The average Bonchev–Trinajstić information content (AvgIpc) is 2.30.